The molecule has 5 nitrogen and oxygen atoms in total. The molecule has 0 atom stereocenters. The van der Waals surface area contributed by atoms with Gasteiger partial charge in [-0.2, -0.15) is 0 Å². The van der Waals surface area contributed by atoms with E-state index in [-0.39, 0.29) is 22.4 Å². The molecule has 0 bridgehead atoms. The lowest BCUT2D eigenvalue weighted by molar-refractivity contribution is -0.119. The lowest BCUT2D eigenvalue weighted by Crippen LogP contribution is -2.21. The van der Waals surface area contributed by atoms with E-state index in [1.54, 1.807) is 0 Å². The van der Waals surface area contributed by atoms with Gasteiger partial charge in [0.25, 0.3) is 0 Å². The lowest BCUT2D eigenvalue weighted by atomic mass is 10.1. The van der Waals surface area contributed by atoms with Crippen molar-refractivity contribution in [2.45, 2.75) is 30.6 Å². The summed E-state index contributed by atoms with van der Waals surface area (Å²) in [6.07, 6.45) is 3.53. The number of hydrogen-bond acceptors (Lipinski definition) is 3. The van der Waals surface area contributed by atoms with Crippen LogP contribution in [-0.2, 0) is 14.8 Å². The highest BCUT2D eigenvalue weighted by Gasteiger charge is 2.23. The fourth-order valence-corrected chi connectivity index (χ4v) is 2.74. The van der Waals surface area contributed by atoms with Crippen molar-refractivity contribution in [1.82, 2.24) is 0 Å². The van der Waals surface area contributed by atoms with Crippen LogP contribution < -0.4 is 10.5 Å². The number of anilines is 1. The van der Waals surface area contributed by atoms with Gasteiger partial charge in [-0.25, -0.2) is 17.9 Å². The minimum Gasteiger partial charge on any atom is -0.323 e. The first-order valence-corrected chi connectivity index (χ1v) is 7.56. The second-order valence-electron chi connectivity index (χ2n) is 4.66. The first kappa shape index (κ1) is 14.0. The zero-order chi connectivity index (χ0) is 14.0. The topological polar surface area (TPSA) is 89.3 Å². The van der Waals surface area contributed by atoms with Crippen LogP contribution in [-0.4, -0.2) is 14.3 Å². The third kappa shape index (κ3) is 3.30. The van der Waals surface area contributed by atoms with Crippen LogP contribution in [0.5, 0.6) is 0 Å². The molecule has 1 aromatic carbocycles. The summed E-state index contributed by atoms with van der Waals surface area (Å²) in [7, 11) is -3.91. The molecule has 2 rings (SSSR count). The molecule has 1 aromatic rings. The van der Waals surface area contributed by atoms with Gasteiger partial charge in [-0.1, -0.05) is 12.8 Å². The normalized spacial score (nSPS) is 16.5. The van der Waals surface area contributed by atoms with Crippen LogP contribution in [0.3, 0.4) is 0 Å². The zero-order valence-corrected chi connectivity index (χ0v) is 11.0. The summed E-state index contributed by atoms with van der Waals surface area (Å²) in [5.74, 6) is -1.08. The molecule has 0 saturated heterocycles. The Morgan fingerprint density at radius 3 is 2.53 bits per heavy atom. The average Bonchev–Trinajstić information content (AvgIpc) is 2.84. The first-order valence-electron chi connectivity index (χ1n) is 6.01. The molecule has 7 heteroatoms. The van der Waals surface area contributed by atoms with Gasteiger partial charge in [0.2, 0.25) is 15.9 Å². The molecule has 1 amide bonds. The zero-order valence-electron chi connectivity index (χ0n) is 10.2. The standard InChI is InChI=1S/C12H15FN2O3S/c13-10-6-5-9(19(14,17)18)7-11(10)15-12(16)8-3-1-2-4-8/h5-8H,1-4H2,(H,15,16)(H2,14,17,18). The Morgan fingerprint density at radius 2 is 1.95 bits per heavy atom. The molecule has 1 saturated carbocycles. The number of nitrogens with two attached hydrogens (primary N) is 1. The van der Waals surface area contributed by atoms with E-state index >= 15 is 0 Å². The molecule has 0 radical (unpaired) electrons. The molecule has 0 aliphatic heterocycles. The van der Waals surface area contributed by atoms with Crippen LogP contribution in [0.4, 0.5) is 10.1 Å². The Morgan fingerprint density at radius 1 is 1.32 bits per heavy atom. The molecule has 3 N–H and O–H groups in total. The fourth-order valence-electron chi connectivity index (χ4n) is 2.20. The molecule has 0 heterocycles. The van der Waals surface area contributed by atoms with Crippen molar-refractivity contribution in [3.63, 3.8) is 0 Å². The summed E-state index contributed by atoms with van der Waals surface area (Å²) in [5, 5.41) is 7.40. The minimum absolute atomic E-state index is 0.127. The van der Waals surface area contributed by atoms with Crippen LogP contribution in [0.2, 0.25) is 0 Å². The van der Waals surface area contributed by atoms with Gasteiger partial charge in [-0.15, -0.1) is 0 Å². The van der Waals surface area contributed by atoms with Gasteiger partial charge in [-0.3, -0.25) is 4.79 Å². The number of carbonyl (C=O) groups is 1. The molecular formula is C12H15FN2O3S. The Labute approximate surface area is 111 Å². The maximum atomic E-state index is 13.6. The number of hydrogen-bond donors (Lipinski definition) is 2. The van der Waals surface area contributed by atoms with Crippen molar-refractivity contribution >= 4 is 21.6 Å². The number of carbonyl (C=O) groups excluding carboxylic acids is 1. The number of amides is 1. The quantitative estimate of drug-likeness (QED) is 0.884. The SMILES string of the molecule is NS(=O)(=O)c1ccc(F)c(NC(=O)C2CCCC2)c1. The Kier molecular flexibility index (Phi) is 3.86. The van der Waals surface area contributed by atoms with Gasteiger partial charge in [-0.05, 0) is 31.0 Å². The maximum Gasteiger partial charge on any atom is 0.238 e. The van der Waals surface area contributed by atoms with E-state index in [0.29, 0.717) is 0 Å². The van der Waals surface area contributed by atoms with Gasteiger partial charge in [0.15, 0.2) is 0 Å². The van der Waals surface area contributed by atoms with E-state index in [1.807, 2.05) is 0 Å². The highest BCUT2D eigenvalue weighted by atomic mass is 32.2. The Hall–Kier alpha value is -1.47. The Bertz CT molecular complexity index is 595. The largest absolute Gasteiger partial charge is 0.323 e. The van der Waals surface area contributed by atoms with Crippen LogP contribution in [0.25, 0.3) is 0 Å². The van der Waals surface area contributed by atoms with Crippen LogP contribution in [0.15, 0.2) is 23.1 Å². The number of rotatable bonds is 3. The second-order valence-corrected chi connectivity index (χ2v) is 6.22. The minimum atomic E-state index is -3.91. The third-order valence-electron chi connectivity index (χ3n) is 3.25. The fraction of sp³-hybridized carbons (Fsp3) is 0.417. The van der Waals surface area contributed by atoms with Gasteiger partial charge < -0.3 is 5.32 Å². The highest BCUT2D eigenvalue weighted by Crippen LogP contribution is 2.27. The monoisotopic (exact) mass is 286 g/mol. The molecule has 0 spiro atoms. The van der Waals surface area contributed by atoms with Crippen LogP contribution >= 0.6 is 0 Å². The molecular weight excluding hydrogens is 271 g/mol. The molecule has 1 fully saturated rings. The average molecular weight is 286 g/mol. The lowest BCUT2D eigenvalue weighted by Gasteiger charge is -2.11. The number of sulfonamides is 1. The van der Waals surface area contributed by atoms with Crippen molar-refractivity contribution in [3.8, 4) is 0 Å². The smallest absolute Gasteiger partial charge is 0.238 e. The van der Waals surface area contributed by atoms with Gasteiger partial charge in [0, 0.05) is 5.92 Å². The van der Waals surface area contributed by atoms with Crippen molar-refractivity contribution in [2.24, 2.45) is 11.1 Å². The van der Waals surface area contributed by atoms with Crippen molar-refractivity contribution < 1.29 is 17.6 Å². The van der Waals surface area contributed by atoms with E-state index in [2.05, 4.69) is 5.32 Å². The molecule has 1 aliphatic carbocycles. The van der Waals surface area contributed by atoms with Crippen LogP contribution in [0, 0.1) is 11.7 Å². The van der Waals surface area contributed by atoms with Crippen molar-refractivity contribution in [2.75, 3.05) is 5.32 Å². The predicted octanol–water partition coefficient (Wildman–Crippen LogP) is 1.60. The second kappa shape index (κ2) is 5.26. The summed E-state index contributed by atoms with van der Waals surface area (Å²) < 4.78 is 35.9. The predicted molar refractivity (Wildman–Crippen MR) is 68.4 cm³/mol. The van der Waals surface area contributed by atoms with Crippen molar-refractivity contribution in [1.29, 1.82) is 0 Å². The number of benzene rings is 1. The third-order valence-corrected chi connectivity index (χ3v) is 4.16. The number of halogens is 1. The molecule has 19 heavy (non-hydrogen) atoms. The van der Waals surface area contributed by atoms with E-state index < -0.39 is 15.8 Å². The summed E-state index contributed by atoms with van der Waals surface area (Å²) in [4.78, 5) is 11.6. The van der Waals surface area contributed by atoms with Crippen molar-refractivity contribution in [3.05, 3.63) is 24.0 Å². The summed E-state index contributed by atoms with van der Waals surface area (Å²) in [6.45, 7) is 0. The van der Waals surface area contributed by atoms with E-state index in [0.717, 1.165) is 43.9 Å². The molecule has 104 valence electrons. The van der Waals surface area contributed by atoms with E-state index in [1.165, 1.54) is 0 Å². The first-order chi connectivity index (χ1) is 8.88. The van der Waals surface area contributed by atoms with Gasteiger partial charge in [0.05, 0.1) is 10.6 Å². The molecule has 0 unspecified atom stereocenters. The number of nitrogens with one attached hydrogen (secondary N) is 1. The number of primary sulfonamides is 1. The Balaban J connectivity index is 2.22. The summed E-state index contributed by atoms with van der Waals surface area (Å²) in [5.41, 5.74) is -0.150. The molecule has 0 aromatic heterocycles. The van der Waals surface area contributed by atoms with E-state index in [9.17, 15) is 17.6 Å². The highest BCUT2D eigenvalue weighted by molar-refractivity contribution is 7.89. The van der Waals surface area contributed by atoms with Gasteiger partial charge in [0.1, 0.15) is 5.82 Å². The molecule has 1 aliphatic rings. The summed E-state index contributed by atoms with van der Waals surface area (Å²) >= 11 is 0. The summed E-state index contributed by atoms with van der Waals surface area (Å²) in [6, 6.07) is 3.08. The maximum absolute atomic E-state index is 13.6. The van der Waals surface area contributed by atoms with Gasteiger partial charge >= 0.3 is 0 Å². The van der Waals surface area contributed by atoms with E-state index in [4.69, 9.17) is 5.14 Å². The van der Waals surface area contributed by atoms with Crippen LogP contribution in [0.1, 0.15) is 25.7 Å².